The van der Waals surface area contributed by atoms with Crippen LogP contribution in [-0.2, 0) is 4.74 Å². The van der Waals surface area contributed by atoms with Crippen molar-refractivity contribution in [2.75, 3.05) is 63.2 Å². The van der Waals surface area contributed by atoms with Gasteiger partial charge in [0.2, 0.25) is 0 Å². The SMILES string of the molecule is CCN1CCN(c2cc(NC(=O)NCCOC)ncn2)CC1. The van der Waals surface area contributed by atoms with E-state index in [1.54, 1.807) is 13.2 Å². The van der Waals surface area contributed by atoms with Crippen molar-refractivity contribution in [3.63, 3.8) is 0 Å². The molecule has 1 saturated heterocycles. The number of nitrogens with one attached hydrogen (secondary N) is 2. The first-order valence-corrected chi connectivity index (χ1v) is 7.56. The fourth-order valence-corrected chi connectivity index (χ4v) is 2.31. The molecule has 2 N–H and O–H groups in total. The van der Waals surface area contributed by atoms with Gasteiger partial charge in [-0.25, -0.2) is 14.8 Å². The molecule has 0 spiro atoms. The summed E-state index contributed by atoms with van der Waals surface area (Å²) < 4.78 is 4.88. The second kappa shape index (κ2) is 8.50. The van der Waals surface area contributed by atoms with Gasteiger partial charge in [0.1, 0.15) is 18.0 Å². The zero-order chi connectivity index (χ0) is 15.8. The first-order valence-electron chi connectivity index (χ1n) is 7.56. The van der Waals surface area contributed by atoms with Crippen LogP contribution in [0.5, 0.6) is 0 Å². The molecule has 1 fully saturated rings. The van der Waals surface area contributed by atoms with Gasteiger partial charge < -0.3 is 19.9 Å². The number of anilines is 2. The normalized spacial score (nSPS) is 15.6. The van der Waals surface area contributed by atoms with Gasteiger partial charge in [0.15, 0.2) is 0 Å². The monoisotopic (exact) mass is 308 g/mol. The largest absolute Gasteiger partial charge is 0.383 e. The smallest absolute Gasteiger partial charge is 0.320 e. The number of piperazine rings is 1. The number of likely N-dealkylation sites (N-methyl/N-ethyl adjacent to an activating group) is 1. The van der Waals surface area contributed by atoms with Crippen molar-refractivity contribution < 1.29 is 9.53 Å². The molecular formula is C14H24N6O2. The summed E-state index contributed by atoms with van der Waals surface area (Å²) in [6, 6.07) is 1.51. The third-order valence-electron chi connectivity index (χ3n) is 3.63. The van der Waals surface area contributed by atoms with Gasteiger partial charge in [-0.1, -0.05) is 6.92 Å². The standard InChI is InChI=1S/C14H24N6O2/c1-3-19-5-7-20(8-6-19)13-10-12(16-11-17-13)18-14(21)15-4-9-22-2/h10-11H,3-9H2,1-2H3,(H2,15,16,17,18,21). The Morgan fingerprint density at radius 2 is 2.09 bits per heavy atom. The Morgan fingerprint density at radius 3 is 2.77 bits per heavy atom. The van der Waals surface area contributed by atoms with Crippen LogP contribution < -0.4 is 15.5 Å². The van der Waals surface area contributed by atoms with Gasteiger partial charge in [0, 0.05) is 45.9 Å². The van der Waals surface area contributed by atoms with Crippen LogP contribution in [0.4, 0.5) is 16.4 Å². The number of carbonyl (C=O) groups is 1. The molecule has 0 radical (unpaired) electrons. The second-order valence-electron chi connectivity index (χ2n) is 5.06. The maximum Gasteiger partial charge on any atom is 0.320 e. The third-order valence-corrected chi connectivity index (χ3v) is 3.63. The molecule has 2 amide bonds. The number of urea groups is 1. The highest BCUT2D eigenvalue weighted by Crippen LogP contribution is 2.16. The lowest BCUT2D eigenvalue weighted by atomic mass is 10.3. The van der Waals surface area contributed by atoms with Crippen LogP contribution in [0.25, 0.3) is 0 Å². The van der Waals surface area contributed by atoms with Crippen molar-refractivity contribution in [1.82, 2.24) is 20.2 Å². The van der Waals surface area contributed by atoms with Crippen LogP contribution >= 0.6 is 0 Å². The molecule has 2 rings (SSSR count). The van der Waals surface area contributed by atoms with Gasteiger partial charge >= 0.3 is 6.03 Å². The lowest BCUT2D eigenvalue weighted by molar-refractivity contribution is 0.198. The molecular weight excluding hydrogens is 284 g/mol. The highest BCUT2D eigenvalue weighted by molar-refractivity contribution is 5.88. The number of amides is 2. The molecule has 0 atom stereocenters. The average molecular weight is 308 g/mol. The molecule has 8 heteroatoms. The predicted molar refractivity (Wildman–Crippen MR) is 85.3 cm³/mol. The third kappa shape index (κ3) is 4.81. The van der Waals surface area contributed by atoms with E-state index in [0.717, 1.165) is 38.5 Å². The Hall–Kier alpha value is -1.93. The van der Waals surface area contributed by atoms with Crippen molar-refractivity contribution in [2.45, 2.75) is 6.92 Å². The molecule has 0 unspecified atom stereocenters. The van der Waals surface area contributed by atoms with Gasteiger partial charge in [-0.15, -0.1) is 0 Å². The Balaban J connectivity index is 1.88. The van der Waals surface area contributed by atoms with E-state index in [1.165, 1.54) is 6.33 Å². The molecule has 1 aromatic heterocycles. The number of methoxy groups -OCH3 is 1. The zero-order valence-electron chi connectivity index (χ0n) is 13.2. The predicted octanol–water partition coefficient (Wildman–Crippen LogP) is 0.386. The van der Waals surface area contributed by atoms with E-state index in [0.29, 0.717) is 19.0 Å². The van der Waals surface area contributed by atoms with Crippen molar-refractivity contribution in [2.24, 2.45) is 0 Å². The van der Waals surface area contributed by atoms with Crippen LogP contribution in [0, 0.1) is 0 Å². The molecule has 122 valence electrons. The van der Waals surface area contributed by atoms with Gasteiger partial charge in [0.05, 0.1) is 6.61 Å². The average Bonchev–Trinajstić information content (AvgIpc) is 2.55. The van der Waals surface area contributed by atoms with E-state index in [-0.39, 0.29) is 6.03 Å². The van der Waals surface area contributed by atoms with Crippen molar-refractivity contribution >= 4 is 17.7 Å². The van der Waals surface area contributed by atoms with Gasteiger partial charge in [-0.05, 0) is 6.54 Å². The summed E-state index contributed by atoms with van der Waals surface area (Å²) in [6.45, 7) is 8.11. The topological polar surface area (TPSA) is 82.6 Å². The number of carbonyl (C=O) groups excluding carboxylic acids is 1. The summed E-state index contributed by atoms with van der Waals surface area (Å²) in [4.78, 5) is 24.7. The Bertz CT molecular complexity index is 476. The number of ether oxygens (including phenoxy) is 1. The zero-order valence-corrected chi connectivity index (χ0v) is 13.2. The number of hydrogen-bond donors (Lipinski definition) is 2. The van der Waals surface area contributed by atoms with Crippen molar-refractivity contribution in [1.29, 1.82) is 0 Å². The molecule has 0 aliphatic carbocycles. The van der Waals surface area contributed by atoms with Gasteiger partial charge in [-0.2, -0.15) is 0 Å². The molecule has 0 bridgehead atoms. The minimum atomic E-state index is -0.294. The molecule has 1 aliphatic heterocycles. The fourth-order valence-electron chi connectivity index (χ4n) is 2.31. The van der Waals surface area contributed by atoms with Crippen LogP contribution in [0.2, 0.25) is 0 Å². The Morgan fingerprint density at radius 1 is 1.32 bits per heavy atom. The molecule has 0 saturated carbocycles. The minimum Gasteiger partial charge on any atom is -0.383 e. The summed E-state index contributed by atoms with van der Waals surface area (Å²) in [7, 11) is 1.59. The van der Waals surface area contributed by atoms with E-state index in [9.17, 15) is 4.79 Å². The van der Waals surface area contributed by atoms with Crippen LogP contribution in [0.1, 0.15) is 6.92 Å². The van der Waals surface area contributed by atoms with E-state index < -0.39 is 0 Å². The Labute approximate surface area is 130 Å². The van der Waals surface area contributed by atoms with Gasteiger partial charge in [0.25, 0.3) is 0 Å². The quantitative estimate of drug-likeness (QED) is 0.740. The molecule has 2 heterocycles. The second-order valence-corrected chi connectivity index (χ2v) is 5.06. The van der Waals surface area contributed by atoms with Crippen LogP contribution in [0.15, 0.2) is 12.4 Å². The van der Waals surface area contributed by atoms with E-state index in [1.807, 2.05) is 0 Å². The van der Waals surface area contributed by atoms with E-state index in [2.05, 4.69) is 37.3 Å². The lowest BCUT2D eigenvalue weighted by Crippen LogP contribution is -2.46. The maximum atomic E-state index is 11.7. The van der Waals surface area contributed by atoms with Gasteiger partial charge in [-0.3, -0.25) is 5.32 Å². The summed E-state index contributed by atoms with van der Waals surface area (Å²) in [5.41, 5.74) is 0. The number of rotatable bonds is 6. The Kier molecular flexibility index (Phi) is 6.35. The van der Waals surface area contributed by atoms with Crippen molar-refractivity contribution in [3.05, 3.63) is 12.4 Å². The van der Waals surface area contributed by atoms with Crippen molar-refractivity contribution in [3.8, 4) is 0 Å². The number of aromatic nitrogens is 2. The number of hydrogen-bond acceptors (Lipinski definition) is 6. The van der Waals surface area contributed by atoms with Crippen LogP contribution in [-0.4, -0.2) is 73.9 Å². The minimum absolute atomic E-state index is 0.294. The number of nitrogens with zero attached hydrogens (tertiary/aromatic N) is 4. The highest BCUT2D eigenvalue weighted by Gasteiger charge is 2.17. The molecule has 8 nitrogen and oxygen atoms in total. The molecule has 1 aliphatic rings. The molecule has 1 aromatic rings. The first-order chi connectivity index (χ1) is 10.7. The molecule has 22 heavy (non-hydrogen) atoms. The summed E-state index contributed by atoms with van der Waals surface area (Å²) in [5, 5.41) is 5.40. The van der Waals surface area contributed by atoms with E-state index >= 15 is 0 Å². The van der Waals surface area contributed by atoms with Crippen LogP contribution in [0.3, 0.4) is 0 Å². The molecule has 0 aromatic carbocycles. The summed E-state index contributed by atoms with van der Waals surface area (Å²) >= 11 is 0. The summed E-state index contributed by atoms with van der Waals surface area (Å²) in [6.07, 6.45) is 1.48. The fraction of sp³-hybridized carbons (Fsp3) is 0.643. The van der Waals surface area contributed by atoms with E-state index in [4.69, 9.17) is 4.74 Å². The summed E-state index contributed by atoms with van der Waals surface area (Å²) in [5.74, 6) is 1.34. The first kappa shape index (κ1) is 16.4. The lowest BCUT2D eigenvalue weighted by Gasteiger charge is -2.34. The highest BCUT2D eigenvalue weighted by atomic mass is 16.5. The maximum absolute atomic E-state index is 11.7.